The Morgan fingerprint density at radius 2 is 1.56 bits per heavy atom. The molecule has 1 atom stereocenters. The zero-order chi connectivity index (χ0) is 20.6. The van der Waals surface area contributed by atoms with E-state index in [1.165, 1.54) is 5.20 Å². The van der Waals surface area contributed by atoms with Crippen LogP contribution in [0, 0.1) is 11.3 Å². The van der Waals surface area contributed by atoms with Crippen LogP contribution in [-0.4, -0.2) is 14.1 Å². The first-order valence-electron chi connectivity index (χ1n) is 10.2. The largest absolute Gasteiger partial charge is 0.374 e. The minimum absolute atomic E-state index is 0.0973. The Bertz CT molecular complexity index is 737. The standard InChI is InChI=1S/C24H37NOSi/c1-16(2)18-12-10-13-19(17(3)4)22(18)23(26)25-27(8,9)21-15-11-14-20(21)24(5,6)7/h10-17,20H,1-9H3,(H,25,26). The van der Waals surface area contributed by atoms with Crippen LogP contribution in [0.5, 0.6) is 0 Å². The van der Waals surface area contributed by atoms with Crippen LogP contribution in [0.2, 0.25) is 13.1 Å². The van der Waals surface area contributed by atoms with Crippen molar-refractivity contribution in [1.82, 2.24) is 4.98 Å². The highest BCUT2D eigenvalue weighted by Crippen LogP contribution is 2.40. The molecule has 0 aromatic heterocycles. The lowest BCUT2D eigenvalue weighted by Gasteiger charge is -2.36. The SMILES string of the molecule is CC(C)c1cccc(C(C)C)c1C(=O)N[Si](C)(C)C1=CC=CC1C(C)(C)C. The Labute approximate surface area is 167 Å². The summed E-state index contributed by atoms with van der Waals surface area (Å²) >= 11 is 0. The maximum absolute atomic E-state index is 13.5. The molecule has 148 valence electrons. The molecule has 3 heteroatoms. The monoisotopic (exact) mass is 383 g/mol. The van der Waals surface area contributed by atoms with Gasteiger partial charge < -0.3 is 4.98 Å². The molecule has 2 nitrogen and oxygen atoms in total. The van der Waals surface area contributed by atoms with E-state index >= 15 is 0 Å². The number of hydrogen-bond donors (Lipinski definition) is 1. The molecule has 0 radical (unpaired) electrons. The van der Waals surface area contributed by atoms with E-state index in [0.717, 1.165) is 16.7 Å². The molecule has 1 N–H and O–H groups in total. The highest BCUT2D eigenvalue weighted by atomic mass is 28.3. The second kappa shape index (κ2) is 7.79. The summed E-state index contributed by atoms with van der Waals surface area (Å²) in [6.07, 6.45) is 6.69. The third-order valence-corrected chi connectivity index (χ3v) is 8.37. The van der Waals surface area contributed by atoms with Crippen molar-refractivity contribution < 1.29 is 4.79 Å². The zero-order valence-electron chi connectivity index (χ0n) is 18.6. The van der Waals surface area contributed by atoms with Gasteiger partial charge in [0.15, 0.2) is 8.24 Å². The van der Waals surface area contributed by atoms with E-state index in [1.54, 1.807) is 0 Å². The van der Waals surface area contributed by atoms with Crippen molar-refractivity contribution in [2.45, 2.75) is 73.4 Å². The molecule has 1 aliphatic rings. The van der Waals surface area contributed by atoms with Crippen LogP contribution >= 0.6 is 0 Å². The predicted molar refractivity (Wildman–Crippen MR) is 120 cm³/mol. The summed E-state index contributed by atoms with van der Waals surface area (Å²) in [6.45, 7) is 20.0. The van der Waals surface area contributed by atoms with Crippen LogP contribution < -0.4 is 4.98 Å². The highest BCUT2D eigenvalue weighted by Gasteiger charge is 2.39. The van der Waals surface area contributed by atoms with E-state index in [0.29, 0.717) is 17.8 Å². The number of hydrogen-bond acceptors (Lipinski definition) is 1. The summed E-state index contributed by atoms with van der Waals surface area (Å²) in [7, 11) is -2.11. The van der Waals surface area contributed by atoms with Crippen molar-refractivity contribution in [2.75, 3.05) is 0 Å². The molecule has 2 rings (SSSR count). The first-order valence-corrected chi connectivity index (χ1v) is 13.2. The molecule has 0 saturated heterocycles. The average molecular weight is 384 g/mol. The van der Waals surface area contributed by atoms with Crippen molar-refractivity contribution in [3.8, 4) is 0 Å². The molecule has 1 aliphatic carbocycles. The van der Waals surface area contributed by atoms with Crippen molar-refractivity contribution in [1.29, 1.82) is 0 Å². The lowest BCUT2D eigenvalue weighted by Crippen LogP contribution is -2.52. The fourth-order valence-corrected chi connectivity index (χ4v) is 6.72. The maximum atomic E-state index is 13.5. The lowest BCUT2D eigenvalue weighted by molar-refractivity contribution is 0.0975. The Kier molecular flexibility index (Phi) is 6.25. The van der Waals surface area contributed by atoms with Gasteiger partial charge in [0.05, 0.1) is 0 Å². The van der Waals surface area contributed by atoms with Crippen LogP contribution in [0.4, 0.5) is 0 Å². The van der Waals surface area contributed by atoms with Crippen LogP contribution in [0.3, 0.4) is 0 Å². The molecule has 0 saturated carbocycles. The molecule has 0 bridgehead atoms. The van der Waals surface area contributed by atoms with Gasteiger partial charge in [0.25, 0.3) is 0 Å². The van der Waals surface area contributed by atoms with E-state index in [4.69, 9.17) is 0 Å². The van der Waals surface area contributed by atoms with Crippen molar-refractivity contribution >= 4 is 14.1 Å². The van der Waals surface area contributed by atoms with Crippen LogP contribution in [0.25, 0.3) is 0 Å². The molecule has 0 heterocycles. The molecular weight excluding hydrogens is 346 g/mol. The Hall–Kier alpha value is -1.61. The number of allylic oxidation sites excluding steroid dienone is 4. The fraction of sp³-hybridized carbons (Fsp3) is 0.542. The first kappa shape index (κ1) is 21.7. The van der Waals surface area contributed by atoms with Gasteiger partial charge in [0.1, 0.15) is 0 Å². The molecule has 1 amide bonds. The van der Waals surface area contributed by atoms with Gasteiger partial charge >= 0.3 is 0 Å². The van der Waals surface area contributed by atoms with Crippen LogP contribution in [0.15, 0.2) is 41.6 Å². The molecule has 0 spiro atoms. The third kappa shape index (κ3) is 4.63. The summed E-state index contributed by atoms with van der Waals surface area (Å²) in [6, 6.07) is 6.30. The first-order chi connectivity index (χ1) is 12.4. The Balaban J connectivity index is 2.40. The van der Waals surface area contributed by atoms with E-state index in [2.05, 4.69) is 103 Å². The molecule has 1 aromatic carbocycles. The van der Waals surface area contributed by atoms with E-state index in [9.17, 15) is 4.79 Å². The van der Waals surface area contributed by atoms with Gasteiger partial charge in [0.2, 0.25) is 5.91 Å². The minimum Gasteiger partial charge on any atom is -0.374 e. The zero-order valence-corrected chi connectivity index (χ0v) is 19.6. The normalized spacial score (nSPS) is 17.6. The number of carbonyl (C=O) groups is 1. The van der Waals surface area contributed by atoms with Gasteiger partial charge in [-0.1, -0.05) is 90.1 Å². The van der Waals surface area contributed by atoms with Crippen LogP contribution in [-0.2, 0) is 0 Å². The van der Waals surface area contributed by atoms with Gasteiger partial charge in [-0.05, 0) is 41.5 Å². The number of rotatable bonds is 5. The molecule has 1 aromatic rings. The molecule has 0 fully saturated rings. The minimum atomic E-state index is -2.11. The molecule has 0 aliphatic heterocycles. The average Bonchev–Trinajstić information content (AvgIpc) is 3.04. The summed E-state index contributed by atoms with van der Waals surface area (Å²) in [4.78, 5) is 17.0. The van der Waals surface area contributed by atoms with Gasteiger partial charge in [-0.25, -0.2) is 0 Å². The van der Waals surface area contributed by atoms with E-state index < -0.39 is 8.24 Å². The van der Waals surface area contributed by atoms with E-state index in [1.807, 2.05) is 0 Å². The summed E-state index contributed by atoms with van der Waals surface area (Å²) in [5, 5.41) is 1.41. The fourth-order valence-electron chi connectivity index (χ4n) is 4.06. The second-order valence-electron chi connectivity index (χ2n) is 10.1. The summed E-state index contributed by atoms with van der Waals surface area (Å²) in [5.74, 6) is 1.14. The smallest absolute Gasteiger partial charge is 0.244 e. The Morgan fingerprint density at radius 3 is 2.00 bits per heavy atom. The number of benzene rings is 1. The van der Waals surface area contributed by atoms with Crippen molar-refractivity contribution in [2.24, 2.45) is 11.3 Å². The number of amides is 1. The topological polar surface area (TPSA) is 29.1 Å². The second-order valence-corrected chi connectivity index (χ2v) is 14.1. The highest BCUT2D eigenvalue weighted by molar-refractivity contribution is 6.84. The van der Waals surface area contributed by atoms with Gasteiger partial charge in [-0.3, -0.25) is 4.79 Å². The van der Waals surface area contributed by atoms with E-state index in [-0.39, 0.29) is 11.3 Å². The maximum Gasteiger partial charge on any atom is 0.244 e. The summed E-state index contributed by atoms with van der Waals surface area (Å²) < 4.78 is 0. The number of nitrogens with one attached hydrogen (secondary N) is 1. The van der Waals surface area contributed by atoms with Crippen LogP contribution in [0.1, 0.15) is 81.8 Å². The molecular formula is C24H37NOSi. The van der Waals surface area contributed by atoms with Gasteiger partial charge in [-0.15, -0.1) is 0 Å². The van der Waals surface area contributed by atoms with Gasteiger partial charge in [-0.2, -0.15) is 0 Å². The molecule has 1 unspecified atom stereocenters. The van der Waals surface area contributed by atoms with Gasteiger partial charge in [0, 0.05) is 11.5 Å². The quantitative estimate of drug-likeness (QED) is 0.573. The summed E-state index contributed by atoms with van der Waals surface area (Å²) in [5.41, 5.74) is 3.35. The predicted octanol–water partition coefficient (Wildman–Crippen LogP) is 6.57. The Morgan fingerprint density at radius 1 is 1.04 bits per heavy atom. The number of carbonyl (C=O) groups excluding carboxylic acids is 1. The third-order valence-electron chi connectivity index (χ3n) is 5.60. The van der Waals surface area contributed by atoms with Crippen molar-refractivity contribution in [3.63, 3.8) is 0 Å². The molecule has 27 heavy (non-hydrogen) atoms. The van der Waals surface area contributed by atoms with Crippen molar-refractivity contribution in [3.05, 3.63) is 58.3 Å². The lowest BCUT2D eigenvalue weighted by atomic mass is 9.82.